The normalized spacial score (nSPS) is 25.9. The Balaban J connectivity index is 2.20. The van der Waals surface area contributed by atoms with Crippen LogP contribution in [0, 0.1) is 11.8 Å². The van der Waals surface area contributed by atoms with Crippen molar-refractivity contribution in [3.63, 3.8) is 0 Å². The zero-order valence-electron chi connectivity index (χ0n) is 11.5. The minimum absolute atomic E-state index is 0.850. The predicted octanol–water partition coefficient (Wildman–Crippen LogP) is 1.12. The Kier molecular flexibility index (Phi) is 6.32. The number of hydrogen-bond acceptors (Lipinski definition) is 3. The van der Waals surface area contributed by atoms with E-state index < -0.39 is 0 Å². The van der Waals surface area contributed by atoms with Crippen LogP contribution in [-0.2, 0) is 0 Å². The highest BCUT2D eigenvalue weighted by Crippen LogP contribution is 2.17. The SMILES string of the molecule is CCN(CCCN(C)C)C[C@@H]1CNC[C@H]1C. The van der Waals surface area contributed by atoms with Gasteiger partial charge in [0.2, 0.25) is 0 Å². The van der Waals surface area contributed by atoms with Gasteiger partial charge < -0.3 is 15.1 Å². The molecule has 0 unspecified atom stereocenters. The Bertz CT molecular complexity index is 182. The molecule has 1 fully saturated rings. The lowest BCUT2D eigenvalue weighted by Crippen LogP contribution is -2.34. The molecular formula is C13H29N3. The lowest BCUT2D eigenvalue weighted by atomic mass is 9.97. The molecule has 16 heavy (non-hydrogen) atoms. The van der Waals surface area contributed by atoms with Gasteiger partial charge in [-0.05, 0) is 65.1 Å². The fraction of sp³-hybridized carbons (Fsp3) is 1.00. The molecule has 1 rings (SSSR count). The zero-order valence-corrected chi connectivity index (χ0v) is 11.5. The summed E-state index contributed by atoms with van der Waals surface area (Å²) in [5.74, 6) is 1.71. The van der Waals surface area contributed by atoms with Crippen LogP contribution in [0.3, 0.4) is 0 Å². The molecule has 0 spiro atoms. The van der Waals surface area contributed by atoms with Crippen LogP contribution in [0.25, 0.3) is 0 Å². The molecule has 1 saturated heterocycles. The number of nitrogens with zero attached hydrogens (tertiary/aromatic N) is 2. The second-order valence-corrected chi connectivity index (χ2v) is 5.45. The summed E-state index contributed by atoms with van der Waals surface area (Å²) < 4.78 is 0. The minimum atomic E-state index is 0.850. The van der Waals surface area contributed by atoms with Crippen LogP contribution in [0.1, 0.15) is 20.3 Å². The highest BCUT2D eigenvalue weighted by atomic mass is 15.1. The van der Waals surface area contributed by atoms with Crippen molar-refractivity contribution in [3.05, 3.63) is 0 Å². The Morgan fingerprint density at radius 3 is 2.44 bits per heavy atom. The maximum Gasteiger partial charge on any atom is 0.00247 e. The molecule has 0 radical (unpaired) electrons. The monoisotopic (exact) mass is 227 g/mol. The molecule has 2 atom stereocenters. The van der Waals surface area contributed by atoms with Gasteiger partial charge in [0.15, 0.2) is 0 Å². The van der Waals surface area contributed by atoms with Crippen LogP contribution in [-0.4, -0.2) is 63.2 Å². The van der Waals surface area contributed by atoms with Gasteiger partial charge in [0, 0.05) is 6.54 Å². The summed E-state index contributed by atoms with van der Waals surface area (Å²) in [6, 6.07) is 0. The molecule has 1 N–H and O–H groups in total. The van der Waals surface area contributed by atoms with E-state index in [-0.39, 0.29) is 0 Å². The van der Waals surface area contributed by atoms with E-state index in [1.165, 1.54) is 45.7 Å². The van der Waals surface area contributed by atoms with Gasteiger partial charge in [-0.1, -0.05) is 13.8 Å². The first-order valence-corrected chi connectivity index (χ1v) is 6.71. The molecule has 1 heterocycles. The van der Waals surface area contributed by atoms with Crippen LogP contribution < -0.4 is 5.32 Å². The third-order valence-electron chi connectivity index (χ3n) is 3.70. The lowest BCUT2D eigenvalue weighted by molar-refractivity contribution is 0.217. The number of nitrogens with one attached hydrogen (secondary N) is 1. The first-order chi connectivity index (χ1) is 7.63. The van der Waals surface area contributed by atoms with Crippen LogP contribution in [0.2, 0.25) is 0 Å². The van der Waals surface area contributed by atoms with E-state index in [0.29, 0.717) is 0 Å². The molecule has 0 aliphatic carbocycles. The van der Waals surface area contributed by atoms with Crippen LogP contribution in [0.5, 0.6) is 0 Å². The molecule has 1 aliphatic rings. The van der Waals surface area contributed by atoms with Gasteiger partial charge in [-0.15, -0.1) is 0 Å². The highest BCUT2D eigenvalue weighted by Gasteiger charge is 2.24. The molecule has 0 aromatic carbocycles. The van der Waals surface area contributed by atoms with Crippen molar-refractivity contribution >= 4 is 0 Å². The van der Waals surface area contributed by atoms with E-state index in [2.05, 4.69) is 43.1 Å². The maximum atomic E-state index is 3.49. The molecule has 0 bridgehead atoms. The van der Waals surface area contributed by atoms with E-state index in [9.17, 15) is 0 Å². The molecular weight excluding hydrogens is 198 g/mol. The second kappa shape index (κ2) is 7.25. The standard InChI is InChI=1S/C13H29N3/c1-5-16(8-6-7-15(3)4)11-13-10-14-9-12(13)2/h12-14H,5-11H2,1-4H3/t12-,13+/m1/s1. The van der Waals surface area contributed by atoms with Gasteiger partial charge >= 0.3 is 0 Å². The fourth-order valence-corrected chi connectivity index (χ4v) is 2.43. The molecule has 96 valence electrons. The summed E-state index contributed by atoms with van der Waals surface area (Å²) in [7, 11) is 4.30. The number of hydrogen-bond donors (Lipinski definition) is 1. The summed E-state index contributed by atoms with van der Waals surface area (Å²) in [5, 5.41) is 3.49. The molecule has 0 amide bonds. The van der Waals surface area contributed by atoms with E-state index >= 15 is 0 Å². The van der Waals surface area contributed by atoms with Crippen molar-refractivity contribution in [2.45, 2.75) is 20.3 Å². The van der Waals surface area contributed by atoms with Gasteiger partial charge in [-0.2, -0.15) is 0 Å². The first kappa shape index (κ1) is 13.9. The van der Waals surface area contributed by atoms with E-state index in [0.717, 1.165) is 11.8 Å². The van der Waals surface area contributed by atoms with Gasteiger partial charge in [-0.25, -0.2) is 0 Å². The highest BCUT2D eigenvalue weighted by molar-refractivity contribution is 4.80. The van der Waals surface area contributed by atoms with Gasteiger partial charge in [0.25, 0.3) is 0 Å². The predicted molar refractivity (Wildman–Crippen MR) is 70.8 cm³/mol. The molecule has 3 heteroatoms. The van der Waals surface area contributed by atoms with Crippen molar-refractivity contribution in [1.82, 2.24) is 15.1 Å². The quantitative estimate of drug-likeness (QED) is 0.703. The van der Waals surface area contributed by atoms with Crippen molar-refractivity contribution < 1.29 is 0 Å². The van der Waals surface area contributed by atoms with Gasteiger partial charge in [-0.3, -0.25) is 0 Å². The third-order valence-corrected chi connectivity index (χ3v) is 3.70. The Hall–Kier alpha value is -0.120. The summed E-state index contributed by atoms with van der Waals surface area (Å²) in [5.41, 5.74) is 0. The van der Waals surface area contributed by atoms with Crippen LogP contribution >= 0.6 is 0 Å². The number of rotatable bonds is 7. The fourth-order valence-electron chi connectivity index (χ4n) is 2.43. The van der Waals surface area contributed by atoms with Crippen molar-refractivity contribution in [2.24, 2.45) is 11.8 Å². The minimum Gasteiger partial charge on any atom is -0.316 e. The van der Waals surface area contributed by atoms with Gasteiger partial charge in [0.1, 0.15) is 0 Å². The smallest absolute Gasteiger partial charge is 0.00247 e. The molecule has 3 nitrogen and oxygen atoms in total. The van der Waals surface area contributed by atoms with Crippen LogP contribution in [0.15, 0.2) is 0 Å². The van der Waals surface area contributed by atoms with E-state index in [1.54, 1.807) is 0 Å². The Morgan fingerprint density at radius 1 is 1.19 bits per heavy atom. The zero-order chi connectivity index (χ0) is 12.0. The van der Waals surface area contributed by atoms with Crippen molar-refractivity contribution in [3.8, 4) is 0 Å². The first-order valence-electron chi connectivity index (χ1n) is 6.71. The third kappa shape index (κ3) is 4.81. The maximum absolute atomic E-state index is 3.49. The van der Waals surface area contributed by atoms with Crippen molar-refractivity contribution in [1.29, 1.82) is 0 Å². The Labute approximate surface area is 101 Å². The lowest BCUT2D eigenvalue weighted by Gasteiger charge is -2.26. The van der Waals surface area contributed by atoms with Crippen molar-refractivity contribution in [2.75, 3.05) is 53.4 Å². The molecule has 0 aromatic rings. The Morgan fingerprint density at radius 2 is 1.94 bits per heavy atom. The van der Waals surface area contributed by atoms with Crippen LogP contribution in [0.4, 0.5) is 0 Å². The summed E-state index contributed by atoms with van der Waals surface area (Å²) in [6.07, 6.45) is 1.29. The van der Waals surface area contributed by atoms with E-state index in [4.69, 9.17) is 0 Å². The summed E-state index contributed by atoms with van der Waals surface area (Å²) >= 11 is 0. The molecule has 1 aliphatic heterocycles. The van der Waals surface area contributed by atoms with Gasteiger partial charge in [0.05, 0.1) is 0 Å². The topological polar surface area (TPSA) is 18.5 Å². The molecule has 0 aromatic heterocycles. The summed E-state index contributed by atoms with van der Waals surface area (Å²) in [4.78, 5) is 4.88. The largest absolute Gasteiger partial charge is 0.316 e. The summed E-state index contributed by atoms with van der Waals surface area (Å²) in [6.45, 7) is 12.0. The average molecular weight is 227 g/mol. The van der Waals surface area contributed by atoms with E-state index in [1.807, 2.05) is 0 Å². The molecule has 0 saturated carbocycles. The second-order valence-electron chi connectivity index (χ2n) is 5.45. The average Bonchev–Trinajstić information content (AvgIpc) is 2.62.